The van der Waals surface area contributed by atoms with Gasteiger partial charge in [-0.2, -0.15) is 0 Å². The van der Waals surface area contributed by atoms with Crippen LogP contribution in [0.4, 0.5) is 0 Å². The van der Waals surface area contributed by atoms with Crippen molar-refractivity contribution < 1.29 is 18.3 Å². The summed E-state index contributed by atoms with van der Waals surface area (Å²) >= 11 is 0. The highest BCUT2D eigenvalue weighted by Crippen LogP contribution is 2.22. The summed E-state index contributed by atoms with van der Waals surface area (Å²) in [6, 6.07) is 4.79. The molecule has 1 aromatic carbocycles. The molecule has 21 heavy (non-hydrogen) atoms. The van der Waals surface area contributed by atoms with E-state index >= 15 is 0 Å². The molecule has 2 N–H and O–H groups in total. The van der Waals surface area contributed by atoms with Gasteiger partial charge in [0, 0.05) is 19.1 Å². The predicted octanol–water partition coefficient (Wildman–Crippen LogP) is 0.854. The number of aromatic hydroxyl groups is 1. The zero-order valence-electron chi connectivity index (χ0n) is 12.2. The molecule has 1 aliphatic rings. The molecule has 1 saturated heterocycles. The molecule has 7 heteroatoms. The summed E-state index contributed by atoms with van der Waals surface area (Å²) < 4.78 is 25.0. The minimum atomic E-state index is -3.22. The number of nitrogens with zero attached hydrogens (tertiary/aromatic N) is 1. The highest BCUT2D eigenvalue weighted by atomic mass is 32.2. The van der Waals surface area contributed by atoms with E-state index in [-0.39, 0.29) is 17.7 Å². The Kier molecular flexibility index (Phi) is 4.53. The largest absolute Gasteiger partial charge is 0.507 e. The van der Waals surface area contributed by atoms with Gasteiger partial charge in [-0.25, -0.2) is 13.1 Å². The first-order valence-corrected chi connectivity index (χ1v) is 8.71. The van der Waals surface area contributed by atoms with Crippen LogP contribution in [0, 0.1) is 6.92 Å². The number of aryl methyl sites for hydroxylation is 1. The van der Waals surface area contributed by atoms with Gasteiger partial charge in [-0.3, -0.25) is 4.79 Å². The molecule has 1 heterocycles. The number of hydrogen-bond acceptors (Lipinski definition) is 4. The van der Waals surface area contributed by atoms with Gasteiger partial charge in [-0.05, 0) is 31.9 Å². The normalized spacial score (nSPS) is 17.0. The molecule has 2 rings (SSSR count). The Balaban J connectivity index is 2.02. The average molecular weight is 312 g/mol. The van der Waals surface area contributed by atoms with Gasteiger partial charge in [0.15, 0.2) is 0 Å². The zero-order chi connectivity index (χ0) is 15.6. The average Bonchev–Trinajstić information content (AvgIpc) is 2.40. The van der Waals surface area contributed by atoms with Crippen molar-refractivity contribution in [2.75, 3.05) is 19.3 Å². The molecule has 116 valence electrons. The maximum Gasteiger partial charge on any atom is 0.257 e. The molecule has 0 saturated carbocycles. The van der Waals surface area contributed by atoms with E-state index in [4.69, 9.17) is 0 Å². The fourth-order valence-electron chi connectivity index (χ4n) is 2.49. The lowest BCUT2D eigenvalue weighted by Crippen LogP contribution is -2.46. The Morgan fingerprint density at radius 2 is 1.95 bits per heavy atom. The molecule has 0 bridgehead atoms. The topological polar surface area (TPSA) is 86.7 Å². The number of rotatable bonds is 3. The third-order valence-electron chi connectivity index (χ3n) is 3.55. The van der Waals surface area contributed by atoms with E-state index in [0.29, 0.717) is 31.5 Å². The summed E-state index contributed by atoms with van der Waals surface area (Å²) in [6.45, 7) is 2.80. The summed E-state index contributed by atoms with van der Waals surface area (Å²) in [5, 5.41) is 9.80. The minimum absolute atomic E-state index is 0.0259. The second-order valence-corrected chi connectivity index (χ2v) is 7.26. The van der Waals surface area contributed by atoms with E-state index in [1.807, 2.05) is 6.92 Å². The molecular weight excluding hydrogens is 292 g/mol. The number of likely N-dealkylation sites (tertiary alicyclic amines) is 1. The first kappa shape index (κ1) is 15.8. The molecule has 1 aromatic rings. The van der Waals surface area contributed by atoms with E-state index in [0.717, 1.165) is 11.8 Å². The van der Waals surface area contributed by atoms with Crippen LogP contribution in [0.15, 0.2) is 18.2 Å². The van der Waals surface area contributed by atoms with Crippen molar-refractivity contribution in [1.82, 2.24) is 9.62 Å². The summed E-state index contributed by atoms with van der Waals surface area (Å²) in [5.41, 5.74) is 1.20. The number of nitrogens with one attached hydrogen (secondary N) is 1. The Hall–Kier alpha value is -1.60. The monoisotopic (exact) mass is 312 g/mol. The molecule has 1 amide bonds. The first-order valence-electron chi connectivity index (χ1n) is 6.82. The second-order valence-electron chi connectivity index (χ2n) is 5.48. The van der Waals surface area contributed by atoms with E-state index < -0.39 is 10.0 Å². The van der Waals surface area contributed by atoms with Crippen molar-refractivity contribution in [3.63, 3.8) is 0 Å². The van der Waals surface area contributed by atoms with Crippen molar-refractivity contribution >= 4 is 15.9 Å². The van der Waals surface area contributed by atoms with Crippen molar-refractivity contribution in [1.29, 1.82) is 0 Å². The number of hydrogen-bond donors (Lipinski definition) is 2. The number of sulfonamides is 1. The first-order chi connectivity index (χ1) is 9.76. The quantitative estimate of drug-likeness (QED) is 0.866. The summed E-state index contributed by atoms with van der Waals surface area (Å²) in [7, 11) is -3.22. The Morgan fingerprint density at radius 3 is 2.52 bits per heavy atom. The van der Waals surface area contributed by atoms with E-state index in [2.05, 4.69) is 4.72 Å². The maximum atomic E-state index is 12.4. The SMILES string of the molecule is Cc1ccc(O)c(C(=O)N2CCC(NS(C)(=O)=O)CC2)c1. The molecule has 0 aliphatic carbocycles. The van der Waals surface area contributed by atoms with Crippen LogP contribution < -0.4 is 4.72 Å². The van der Waals surface area contributed by atoms with Crippen molar-refractivity contribution in [3.8, 4) is 5.75 Å². The van der Waals surface area contributed by atoms with Crippen LogP contribution in [-0.2, 0) is 10.0 Å². The predicted molar refractivity (Wildman–Crippen MR) is 79.7 cm³/mol. The van der Waals surface area contributed by atoms with Gasteiger partial charge in [-0.15, -0.1) is 0 Å². The van der Waals surface area contributed by atoms with Crippen LogP contribution in [-0.4, -0.2) is 49.7 Å². The van der Waals surface area contributed by atoms with Crippen LogP contribution in [0.5, 0.6) is 5.75 Å². The number of carbonyl (C=O) groups is 1. The van der Waals surface area contributed by atoms with Gasteiger partial charge in [0.25, 0.3) is 5.91 Å². The van der Waals surface area contributed by atoms with Gasteiger partial charge >= 0.3 is 0 Å². The smallest absolute Gasteiger partial charge is 0.257 e. The number of carbonyl (C=O) groups excluding carboxylic acids is 1. The van der Waals surface area contributed by atoms with Crippen LogP contribution in [0.3, 0.4) is 0 Å². The number of amides is 1. The third-order valence-corrected chi connectivity index (χ3v) is 4.31. The van der Waals surface area contributed by atoms with Crippen molar-refractivity contribution in [2.45, 2.75) is 25.8 Å². The van der Waals surface area contributed by atoms with Gasteiger partial charge in [0.2, 0.25) is 10.0 Å². The molecule has 0 atom stereocenters. The Labute approximate surface area is 124 Å². The lowest BCUT2D eigenvalue weighted by molar-refractivity contribution is 0.0708. The second kappa shape index (κ2) is 6.03. The van der Waals surface area contributed by atoms with Gasteiger partial charge < -0.3 is 10.0 Å². The van der Waals surface area contributed by atoms with Crippen LogP contribution in [0.2, 0.25) is 0 Å². The van der Waals surface area contributed by atoms with Crippen molar-refractivity contribution in [2.24, 2.45) is 0 Å². The minimum Gasteiger partial charge on any atom is -0.507 e. The number of piperidine rings is 1. The molecule has 6 nitrogen and oxygen atoms in total. The van der Waals surface area contributed by atoms with Crippen molar-refractivity contribution in [3.05, 3.63) is 29.3 Å². The molecule has 0 aromatic heterocycles. The fraction of sp³-hybridized carbons (Fsp3) is 0.500. The summed E-state index contributed by atoms with van der Waals surface area (Å²) in [6.07, 6.45) is 2.28. The van der Waals surface area contributed by atoms with Gasteiger partial charge in [0.1, 0.15) is 5.75 Å². The van der Waals surface area contributed by atoms with E-state index in [1.165, 1.54) is 6.07 Å². The molecule has 0 unspecified atom stereocenters. The summed E-state index contributed by atoms with van der Waals surface area (Å²) in [5.74, 6) is -0.240. The lowest BCUT2D eigenvalue weighted by Gasteiger charge is -2.32. The fourth-order valence-corrected chi connectivity index (χ4v) is 3.34. The van der Waals surface area contributed by atoms with E-state index in [1.54, 1.807) is 17.0 Å². The third kappa shape index (κ3) is 4.18. The molecule has 0 radical (unpaired) electrons. The molecule has 0 spiro atoms. The highest BCUT2D eigenvalue weighted by Gasteiger charge is 2.26. The van der Waals surface area contributed by atoms with E-state index in [9.17, 15) is 18.3 Å². The van der Waals surface area contributed by atoms with Crippen LogP contribution in [0.25, 0.3) is 0 Å². The Bertz CT molecular complexity index is 634. The highest BCUT2D eigenvalue weighted by molar-refractivity contribution is 7.88. The van der Waals surface area contributed by atoms with Crippen LogP contribution >= 0.6 is 0 Å². The molecule has 1 aliphatic heterocycles. The van der Waals surface area contributed by atoms with Crippen LogP contribution in [0.1, 0.15) is 28.8 Å². The number of phenols is 1. The zero-order valence-corrected chi connectivity index (χ0v) is 13.0. The molecular formula is C14H20N2O4S. The lowest BCUT2D eigenvalue weighted by atomic mass is 10.0. The maximum absolute atomic E-state index is 12.4. The standard InChI is InChI=1S/C14H20N2O4S/c1-10-3-4-13(17)12(9-10)14(18)16-7-5-11(6-8-16)15-21(2,19)20/h3-4,9,11,15,17H,5-8H2,1-2H3. The summed E-state index contributed by atoms with van der Waals surface area (Å²) in [4.78, 5) is 14.0. The number of phenolic OH excluding ortho intramolecular Hbond substituents is 1. The Morgan fingerprint density at radius 1 is 1.33 bits per heavy atom. The number of benzene rings is 1. The van der Waals surface area contributed by atoms with Gasteiger partial charge in [-0.1, -0.05) is 11.6 Å². The van der Waals surface area contributed by atoms with Gasteiger partial charge in [0.05, 0.1) is 11.8 Å². The molecule has 1 fully saturated rings.